The lowest BCUT2D eigenvalue weighted by atomic mass is 10.0. The Kier molecular flexibility index (Phi) is 5.52. The lowest BCUT2D eigenvalue weighted by Crippen LogP contribution is -1.99. The second-order valence-corrected chi connectivity index (χ2v) is 6.43. The lowest BCUT2D eigenvalue weighted by molar-refractivity contribution is 0.354. The molecular formula is C15H12Br2ClFO2. The van der Waals surface area contributed by atoms with Crippen molar-refractivity contribution in [3.63, 3.8) is 0 Å². The molecule has 0 aliphatic carbocycles. The zero-order valence-corrected chi connectivity index (χ0v) is 15.2. The van der Waals surface area contributed by atoms with Gasteiger partial charge in [0.25, 0.3) is 0 Å². The number of hydrogen-bond donors (Lipinski definition) is 0. The Hall–Kier alpha value is -0.780. The molecule has 0 saturated carbocycles. The van der Waals surface area contributed by atoms with Crippen molar-refractivity contribution in [1.82, 2.24) is 0 Å². The van der Waals surface area contributed by atoms with Gasteiger partial charge in [0.2, 0.25) is 0 Å². The molecule has 0 saturated heterocycles. The van der Waals surface area contributed by atoms with E-state index < -0.39 is 0 Å². The summed E-state index contributed by atoms with van der Waals surface area (Å²) < 4.78 is 24.6. The van der Waals surface area contributed by atoms with E-state index in [-0.39, 0.29) is 10.6 Å². The van der Waals surface area contributed by atoms with Gasteiger partial charge in [0.05, 0.1) is 19.0 Å². The maximum atomic E-state index is 13.2. The van der Waals surface area contributed by atoms with E-state index in [0.29, 0.717) is 16.5 Å². The summed E-state index contributed by atoms with van der Waals surface area (Å²) in [6, 6.07) is 7.99. The van der Waals surface area contributed by atoms with Gasteiger partial charge < -0.3 is 9.47 Å². The van der Waals surface area contributed by atoms with Crippen LogP contribution >= 0.6 is 43.5 Å². The first-order valence-corrected chi connectivity index (χ1v) is 8.07. The minimum atomic E-state index is -0.366. The predicted molar refractivity (Wildman–Crippen MR) is 89.4 cm³/mol. The standard InChI is InChI=1S/C15H12Br2ClFO2/c1-20-13-6-10(11(16)7-14(13)21-2)15(17)9-4-3-8(19)5-12(9)18/h3-7,15H,1-2H3. The molecule has 0 N–H and O–H groups in total. The maximum Gasteiger partial charge on any atom is 0.161 e. The summed E-state index contributed by atoms with van der Waals surface area (Å²) in [5, 5.41) is 0.360. The molecule has 2 rings (SSSR count). The quantitative estimate of drug-likeness (QED) is 0.567. The highest BCUT2D eigenvalue weighted by molar-refractivity contribution is 9.11. The monoisotopic (exact) mass is 436 g/mol. The number of hydrogen-bond acceptors (Lipinski definition) is 2. The number of halogens is 4. The van der Waals surface area contributed by atoms with Gasteiger partial charge in [0.15, 0.2) is 11.5 Å². The topological polar surface area (TPSA) is 18.5 Å². The zero-order chi connectivity index (χ0) is 15.6. The van der Waals surface area contributed by atoms with Crippen molar-refractivity contribution in [2.24, 2.45) is 0 Å². The lowest BCUT2D eigenvalue weighted by Gasteiger charge is -2.17. The van der Waals surface area contributed by atoms with E-state index in [1.807, 2.05) is 12.1 Å². The van der Waals surface area contributed by atoms with Crippen LogP contribution < -0.4 is 9.47 Å². The second kappa shape index (κ2) is 6.99. The number of ether oxygens (including phenoxy) is 2. The SMILES string of the molecule is COc1cc(Br)c(C(Br)c2ccc(F)cc2Cl)cc1OC. The number of methoxy groups -OCH3 is 2. The van der Waals surface area contributed by atoms with Gasteiger partial charge in [-0.15, -0.1) is 0 Å². The Balaban J connectivity index is 2.50. The van der Waals surface area contributed by atoms with E-state index in [9.17, 15) is 4.39 Å². The minimum absolute atomic E-state index is 0.209. The van der Waals surface area contributed by atoms with Crippen LogP contribution in [0.4, 0.5) is 4.39 Å². The molecule has 2 aromatic rings. The average molecular weight is 439 g/mol. The molecule has 2 aromatic carbocycles. The van der Waals surface area contributed by atoms with Gasteiger partial charge in [-0.05, 0) is 35.4 Å². The Labute approximate surface area is 144 Å². The van der Waals surface area contributed by atoms with Gasteiger partial charge in [-0.25, -0.2) is 4.39 Å². The third kappa shape index (κ3) is 3.52. The molecule has 21 heavy (non-hydrogen) atoms. The van der Waals surface area contributed by atoms with Gasteiger partial charge in [-0.2, -0.15) is 0 Å². The van der Waals surface area contributed by atoms with Gasteiger partial charge >= 0.3 is 0 Å². The summed E-state index contributed by atoms with van der Waals surface area (Å²) in [7, 11) is 3.15. The summed E-state index contributed by atoms with van der Waals surface area (Å²) >= 11 is 13.2. The van der Waals surface area contributed by atoms with Crippen LogP contribution in [-0.4, -0.2) is 14.2 Å². The van der Waals surface area contributed by atoms with Crippen LogP contribution in [-0.2, 0) is 0 Å². The van der Waals surface area contributed by atoms with Gasteiger partial charge in [-0.1, -0.05) is 49.5 Å². The summed E-state index contributed by atoms with van der Waals surface area (Å²) in [5.41, 5.74) is 1.67. The van der Waals surface area contributed by atoms with Crippen molar-refractivity contribution in [1.29, 1.82) is 0 Å². The third-order valence-electron chi connectivity index (χ3n) is 3.01. The molecule has 0 bridgehead atoms. The molecule has 112 valence electrons. The molecule has 0 amide bonds. The summed E-state index contributed by atoms with van der Waals surface area (Å²) in [6.45, 7) is 0. The highest BCUT2D eigenvalue weighted by Gasteiger charge is 2.19. The average Bonchev–Trinajstić information content (AvgIpc) is 2.46. The first-order chi connectivity index (χ1) is 9.97. The molecule has 1 unspecified atom stereocenters. The fourth-order valence-electron chi connectivity index (χ4n) is 1.94. The molecular weight excluding hydrogens is 426 g/mol. The molecule has 0 spiro atoms. The van der Waals surface area contributed by atoms with E-state index in [2.05, 4.69) is 31.9 Å². The smallest absolute Gasteiger partial charge is 0.161 e. The van der Waals surface area contributed by atoms with Crippen molar-refractivity contribution in [3.05, 3.63) is 56.8 Å². The number of alkyl halides is 1. The Morgan fingerprint density at radius 2 is 1.67 bits per heavy atom. The predicted octanol–water partition coefficient (Wildman–Crippen LogP) is 5.74. The Bertz CT molecular complexity index is 664. The van der Waals surface area contributed by atoms with E-state index in [1.165, 1.54) is 12.1 Å². The zero-order valence-electron chi connectivity index (χ0n) is 11.3. The highest BCUT2D eigenvalue weighted by atomic mass is 79.9. The molecule has 0 heterocycles. The van der Waals surface area contributed by atoms with E-state index in [1.54, 1.807) is 20.3 Å². The maximum absolute atomic E-state index is 13.2. The third-order valence-corrected chi connectivity index (χ3v) is 5.01. The first kappa shape index (κ1) is 16.6. The number of benzene rings is 2. The van der Waals surface area contributed by atoms with Crippen LogP contribution in [0.1, 0.15) is 16.0 Å². The van der Waals surface area contributed by atoms with E-state index in [4.69, 9.17) is 21.1 Å². The van der Waals surface area contributed by atoms with Gasteiger partial charge in [-0.3, -0.25) is 0 Å². The fourth-order valence-corrected chi connectivity index (χ4v) is 3.98. The Morgan fingerprint density at radius 1 is 1.05 bits per heavy atom. The molecule has 2 nitrogen and oxygen atoms in total. The molecule has 0 fully saturated rings. The van der Waals surface area contributed by atoms with Crippen molar-refractivity contribution in [3.8, 4) is 11.5 Å². The largest absolute Gasteiger partial charge is 0.493 e. The molecule has 0 aliphatic heterocycles. The molecule has 0 aliphatic rings. The van der Waals surface area contributed by atoms with Crippen molar-refractivity contribution in [2.75, 3.05) is 14.2 Å². The van der Waals surface area contributed by atoms with Crippen LogP contribution in [0, 0.1) is 5.82 Å². The molecule has 1 atom stereocenters. The summed E-state index contributed by atoms with van der Waals surface area (Å²) in [5.74, 6) is 0.867. The summed E-state index contributed by atoms with van der Waals surface area (Å²) in [6.07, 6.45) is 0. The first-order valence-electron chi connectivity index (χ1n) is 5.98. The number of rotatable bonds is 4. The van der Waals surface area contributed by atoms with E-state index in [0.717, 1.165) is 15.6 Å². The van der Waals surface area contributed by atoms with Crippen LogP contribution in [0.15, 0.2) is 34.8 Å². The van der Waals surface area contributed by atoms with Crippen molar-refractivity contribution in [2.45, 2.75) is 4.83 Å². The van der Waals surface area contributed by atoms with Crippen LogP contribution in [0.2, 0.25) is 5.02 Å². The second-order valence-electron chi connectivity index (χ2n) is 4.26. The fraction of sp³-hybridized carbons (Fsp3) is 0.200. The van der Waals surface area contributed by atoms with Crippen molar-refractivity contribution < 1.29 is 13.9 Å². The van der Waals surface area contributed by atoms with E-state index >= 15 is 0 Å². The molecule has 6 heteroatoms. The van der Waals surface area contributed by atoms with Gasteiger partial charge in [0.1, 0.15) is 5.82 Å². The van der Waals surface area contributed by atoms with Crippen LogP contribution in [0.3, 0.4) is 0 Å². The van der Waals surface area contributed by atoms with Crippen LogP contribution in [0.5, 0.6) is 11.5 Å². The van der Waals surface area contributed by atoms with Crippen molar-refractivity contribution >= 4 is 43.5 Å². The normalized spacial score (nSPS) is 12.1. The van der Waals surface area contributed by atoms with Gasteiger partial charge in [0, 0.05) is 9.50 Å². The minimum Gasteiger partial charge on any atom is -0.493 e. The van der Waals surface area contributed by atoms with Crippen LogP contribution in [0.25, 0.3) is 0 Å². The molecule has 0 aromatic heterocycles. The molecule has 0 radical (unpaired) electrons. The Morgan fingerprint density at radius 3 is 2.24 bits per heavy atom. The summed E-state index contributed by atoms with van der Waals surface area (Å²) in [4.78, 5) is -0.209. The highest BCUT2D eigenvalue weighted by Crippen LogP contribution is 2.43.